The molecule has 0 unspecified atom stereocenters. The molecule has 2 aromatic carbocycles. The lowest BCUT2D eigenvalue weighted by molar-refractivity contribution is 0.628. The lowest BCUT2D eigenvalue weighted by atomic mass is 10.2. The van der Waals surface area contributed by atoms with E-state index < -0.39 is 0 Å². The third-order valence-corrected chi connectivity index (χ3v) is 4.26. The second kappa shape index (κ2) is 6.50. The molecule has 1 heterocycles. The Labute approximate surface area is 143 Å². The third kappa shape index (κ3) is 3.42. The van der Waals surface area contributed by atoms with Gasteiger partial charge in [0.1, 0.15) is 5.82 Å². The summed E-state index contributed by atoms with van der Waals surface area (Å²) in [5.74, 6) is -0.252. The van der Waals surface area contributed by atoms with Gasteiger partial charge in [-0.1, -0.05) is 15.9 Å². The van der Waals surface area contributed by atoms with Crippen molar-refractivity contribution in [3.8, 4) is 5.69 Å². The van der Waals surface area contributed by atoms with Crippen molar-refractivity contribution in [2.75, 3.05) is 0 Å². The molecule has 0 N–H and O–H groups in total. The van der Waals surface area contributed by atoms with Crippen LogP contribution in [0.15, 0.2) is 64.1 Å². The van der Waals surface area contributed by atoms with Crippen molar-refractivity contribution in [1.82, 2.24) is 4.57 Å². The molecule has 0 bridgehead atoms. The van der Waals surface area contributed by atoms with Crippen LogP contribution in [0.2, 0.25) is 0 Å². The summed E-state index contributed by atoms with van der Waals surface area (Å²) < 4.78 is 16.2. The molecule has 23 heavy (non-hydrogen) atoms. The molecule has 2 nitrogen and oxygen atoms in total. The van der Waals surface area contributed by atoms with Crippen molar-refractivity contribution in [1.29, 1.82) is 0 Å². The summed E-state index contributed by atoms with van der Waals surface area (Å²) in [7, 11) is 0. The maximum atomic E-state index is 12.9. The lowest BCUT2D eigenvalue weighted by Gasteiger charge is -2.09. The van der Waals surface area contributed by atoms with Crippen molar-refractivity contribution in [2.24, 2.45) is 4.99 Å². The summed E-state index contributed by atoms with van der Waals surface area (Å²) >= 11 is 3.46. The van der Waals surface area contributed by atoms with Gasteiger partial charge in [-0.2, -0.15) is 0 Å². The molecule has 0 saturated heterocycles. The van der Waals surface area contributed by atoms with E-state index in [2.05, 4.69) is 57.5 Å². The fourth-order valence-electron chi connectivity index (χ4n) is 2.58. The summed E-state index contributed by atoms with van der Waals surface area (Å²) in [6, 6.07) is 16.5. The smallest absolute Gasteiger partial charge is 0.123 e. The minimum atomic E-state index is -0.252. The first-order valence-electron chi connectivity index (χ1n) is 7.29. The first-order chi connectivity index (χ1) is 11.0. The quantitative estimate of drug-likeness (QED) is 0.522. The molecule has 0 radical (unpaired) electrons. The molecule has 0 aliphatic heterocycles. The monoisotopic (exact) mass is 370 g/mol. The highest BCUT2D eigenvalue weighted by Gasteiger charge is 2.09. The van der Waals surface area contributed by atoms with E-state index in [-0.39, 0.29) is 5.82 Å². The lowest BCUT2D eigenvalue weighted by Crippen LogP contribution is -1.99. The maximum absolute atomic E-state index is 12.9. The zero-order valence-electron chi connectivity index (χ0n) is 12.9. The minimum absolute atomic E-state index is 0.252. The van der Waals surface area contributed by atoms with Gasteiger partial charge in [-0.15, -0.1) is 0 Å². The Balaban J connectivity index is 1.94. The highest BCUT2D eigenvalue weighted by atomic mass is 79.9. The Morgan fingerprint density at radius 2 is 1.65 bits per heavy atom. The second-order valence-electron chi connectivity index (χ2n) is 5.37. The Bertz CT molecular complexity index is 846. The number of aromatic nitrogens is 1. The van der Waals surface area contributed by atoms with E-state index in [1.54, 1.807) is 12.1 Å². The van der Waals surface area contributed by atoms with Gasteiger partial charge >= 0.3 is 0 Å². The van der Waals surface area contributed by atoms with Crippen LogP contribution in [0.25, 0.3) is 5.69 Å². The maximum Gasteiger partial charge on any atom is 0.123 e. The molecular formula is C19H16BrFN2. The molecule has 1 aromatic heterocycles. The molecule has 0 amide bonds. The summed E-state index contributed by atoms with van der Waals surface area (Å²) in [4.78, 5) is 4.43. The van der Waals surface area contributed by atoms with Gasteiger partial charge in [0, 0.05) is 33.3 Å². The van der Waals surface area contributed by atoms with Gasteiger partial charge in [-0.25, -0.2) is 4.39 Å². The van der Waals surface area contributed by atoms with E-state index in [1.807, 2.05) is 18.3 Å². The van der Waals surface area contributed by atoms with Crippen molar-refractivity contribution < 1.29 is 4.39 Å². The predicted molar refractivity (Wildman–Crippen MR) is 96.6 cm³/mol. The predicted octanol–water partition coefficient (Wildman–Crippen LogP) is 5.75. The van der Waals surface area contributed by atoms with Gasteiger partial charge in [-0.05, 0) is 68.4 Å². The molecule has 0 spiro atoms. The van der Waals surface area contributed by atoms with Gasteiger partial charge < -0.3 is 4.57 Å². The van der Waals surface area contributed by atoms with E-state index in [0.717, 1.165) is 32.8 Å². The van der Waals surface area contributed by atoms with E-state index >= 15 is 0 Å². The summed E-state index contributed by atoms with van der Waals surface area (Å²) in [5, 5.41) is 0. The van der Waals surface area contributed by atoms with Crippen LogP contribution in [0.5, 0.6) is 0 Å². The van der Waals surface area contributed by atoms with Crippen LogP contribution in [0, 0.1) is 19.7 Å². The van der Waals surface area contributed by atoms with Gasteiger partial charge in [0.05, 0.1) is 5.69 Å². The first kappa shape index (κ1) is 15.7. The van der Waals surface area contributed by atoms with Crippen molar-refractivity contribution >= 4 is 27.8 Å². The average molecular weight is 371 g/mol. The molecule has 0 aliphatic rings. The number of halogens is 2. The Morgan fingerprint density at radius 3 is 2.30 bits per heavy atom. The molecule has 116 valence electrons. The second-order valence-corrected chi connectivity index (χ2v) is 6.29. The number of rotatable bonds is 3. The van der Waals surface area contributed by atoms with Gasteiger partial charge in [0.2, 0.25) is 0 Å². The number of hydrogen-bond donors (Lipinski definition) is 0. The van der Waals surface area contributed by atoms with Gasteiger partial charge in [0.25, 0.3) is 0 Å². The minimum Gasteiger partial charge on any atom is -0.318 e. The van der Waals surface area contributed by atoms with Crippen molar-refractivity contribution in [3.63, 3.8) is 0 Å². The molecule has 0 aliphatic carbocycles. The van der Waals surface area contributed by atoms with Crippen LogP contribution < -0.4 is 0 Å². The Kier molecular flexibility index (Phi) is 4.44. The van der Waals surface area contributed by atoms with E-state index in [1.165, 1.54) is 12.1 Å². The van der Waals surface area contributed by atoms with Crippen molar-refractivity contribution in [3.05, 3.63) is 81.8 Å². The number of benzene rings is 2. The fraction of sp³-hybridized carbons (Fsp3) is 0.105. The van der Waals surface area contributed by atoms with Crippen molar-refractivity contribution in [2.45, 2.75) is 13.8 Å². The first-order valence-corrected chi connectivity index (χ1v) is 8.08. The number of aryl methyl sites for hydroxylation is 1. The molecule has 4 heteroatoms. The fourth-order valence-corrected chi connectivity index (χ4v) is 2.84. The van der Waals surface area contributed by atoms with Gasteiger partial charge in [0.15, 0.2) is 0 Å². The molecule has 0 saturated carbocycles. The highest BCUT2D eigenvalue weighted by Crippen LogP contribution is 2.22. The Morgan fingerprint density at radius 1 is 1.00 bits per heavy atom. The van der Waals surface area contributed by atoms with E-state index in [0.29, 0.717) is 0 Å². The molecular weight excluding hydrogens is 355 g/mol. The van der Waals surface area contributed by atoms with Crippen LogP contribution in [0.3, 0.4) is 0 Å². The highest BCUT2D eigenvalue weighted by molar-refractivity contribution is 9.10. The zero-order chi connectivity index (χ0) is 16.4. The van der Waals surface area contributed by atoms with E-state index in [9.17, 15) is 4.39 Å². The van der Waals surface area contributed by atoms with E-state index in [4.69, 9.17) is 0 Å². The number of aliphatic imine (C=N–C) groups is 1. The normalized spacial score (nSPS) is 11.3. The van der Waals surface area contributed by atoms with Gasteiger partial charge in [-0.3, -0.25) is 4.99 Å². The van der Waals surface area contributed by atoms with Crippen LogP contribution >= 0.6 is 15.9 Å². The van der Waals surface area contributed by atoms with Crippen LogP contribution in [0.4, 0.5) is 10.1 Å². The van der Waals surface area contributed by atoms with Crippen LogP contribution in [0.1, 0.15) is 17.0 Å². The van der Waals surface area contributed by atoms with Crippen LogP contribution in [-0.2, 0) is 0 Å². The standard InChI is InChI=1S/C19H16BrFN2/c1-13-11-15(12-22-18-7-5-17(21)6-8-18)14(2)23(13)19-9-3-16(20)4-10-19/h3-12H,1-2H3. The number of nitrogens with zero attached hydrogens (tertiary/aromatic N) is 2. The molecule has 0 atom stereocenters. The molecule has 0 fully saturated rings. The summed E-state index contributed by atoms with van der Waals surface area (Å²) in [6.07, 6.45) is 1.82. The molecule has 3 aromatic rings. The topological polar surface area (TPSA) is 17.3 Å². The zero-order valence-corrected chi connectivity index (χ0v) is 14.5. The summed E-state index contributed by atoms with van der Waals surface area (Å²) in [6.45, 7) is 4.14. The molecule has 3 rings (SSSR count). The Hall–Kier alpha value is -2.20. The average Bonchev–Trinajstić information content (AvgIpc) is 2.82. The summed E-state index contributed by atoms with van der Waals surface area (Å²) in [5.41, 5.74) is 5.17. The number of hydrogen-bond acceptors (Lipinski definition) is 1. The van der Waals surface area contributed by atoms with Crippen LogP contribution in [-0.4, -0.2) is 10.8 Å². The largest absolute Gasteiger partial charge is 0.318 e. The SMILES string of the molecule is Cc1cc(C=Nc2ccc(F)cc2)c(C)n1-c1ccc(Br)cc1. The third-order valence-electron chi connectivity index (χ3n) is 3.73.